The molecule has 0 aromatic rings. The number of cyclic esters (lactones) is 1. The minimum atomic E-state index is -0.916. The molecule has 1 heterocycles. The number of esters is 1. The molecule has 0 amide bonds. The van der Waals surface area contributed by atoms with E-state index in [0.29, 0.717) is 11.8 Å². The molecule has 0 N–H and O–H groups in total. The van der Waals surface area contributed by atoms with E-state index < -0.39 is 14.6 Å². The van der Waals surface area contributed by atoms with Crippen LogP contribution in [0.5, 0.6) is 0 Å². The Morgan fingerprint density at radius 2 is 1.80 bits per heavy atom. The first kappa shape index (κ1) is 16.0. The highest BCUT2D eigenvalue weighted by molar-refractivity contribution is 6.48. The maximum Gasteiger partial charge on any atom is 0.335 e. The normalized spacial score (nSPS) is 40.0. The molecular formula is C16H29O3Si. The predicted molar refractivity (Wildman–Crippen MR) is 81.7 cm³/mol. The molecular weight excluding hydrogens is 268 g/mol. The smallest absolute Gasteiger partial charge is 0.335 e. The minimum absolute atomic E-state index is 0.0707. The fourth-order valence-corrected chi connectivity index (χ4v) is 5.27. The zero-order valence-electron chi connectivity index (χ0n) is 14.2. The van der Waals surface area contributed by atoms with Crippen molar-refractivity contribution in [2.75, 3.05) is 0 Å². The van der Waals surface area contributed by atoms with Crippen LogP contribution >= 0.6 is 0 Å². The lowest BCUT2D eigenvalue weighted by molar-refractivity contribution is -0.266. The average molecular weight is 297 g/mol. The number of carbonyl (C=O) groups is 1. The third-order valence-electron chi connectivity index (χ3n) is 5.16. The number of fused-ring (bicyclic) bond motifs is 1. The molecule has 1 saturated carbocycles. The summed E-state index contributed by atoms with van der Waals surface area (Å²) >= 11 is 0. The molecule has 2 aliphatic rings. The van der Waals surface area contributed by atoms with Gasteiger partial charge < -0.3 is 9.16 Å². The standard InChI is InChI=1S/C16H29O3Si/c1-14(2,3)10-9-16(6)11(10)15(4,5)18-13(17)12(16)19-20(7)8/h10-12H,9H2,1-8H3. The molecule has 4 heteroatoms. The van der Waals surface area contributed by atoms with Gasteiger partial charge in [0.25, 0.3) is 0 Å². The molecule has 2 fully saturated rings. The minimum Gasteiger partial charge on any atom is -0.457 e. The van der Waals surface area contributed by atoms with Crippen LogP contribution in [0.3, 0.4) is 0 Å². The second kappa shape index (κ2) is 4.57. The summed E-state index contributed by atoms with van der Waals surface area (Å²) in [5.41, 5.74) is -0.225. The van der Waals surface area contributed by atoms with Gasteiger partial charge in [0.1, 0.15) is 11.7 Å². The quantitative estimate of drug-likeness (QED) is 0.576. The summed E-state index contributed by atoms with van der Waals surface area (Å²) in [4.78, 5) is 12.4. The van der Waals surface area contributed by atoms with Crippen molar-refractivity contribution in [1.29, 1.82) is 0 Å². The van der Waals surface area contributed by atoms with E-state index in [2.05, 4.69) is 54.6 Å². The van der Waals surface area contributed by atoms with E-state index in [4.69, 9.17) is 9.16 Å². The van der Waals surface area contributed by atoms with Gasteiger partial charge in [-0.15, -0.1) is 0 Å². The third kappa shape index (κ3) is 2.35. The molecule has 1 radical (unpaired) electrons. The van der Waals surface area contributed by atoms with Crippen molar-refractivity contribution in [1.82, 2.24) is 0 Å². The molecule has 1 saturated heterocycles. The zero-order valence-corrected chi connectivity index (χ0v) is 15.2. The Bertz CT molecular complexity index is 410. The van der Waals surface area contributed by atoms with Gasteiger partial charge in [0.2, 0.25) is 9.04 Å². The van der Waals surface area contributed by atoms with Crippen molar-refractivity contribution in [3.8, 4) is 0 Å². The van der Waals surface area contributed by atoms with Gasteiger partial charge in [-0.25, -0.2) is 4.79 Å². The van der Waals surface area contributed by atoms with Gasteiger partial charge in [0, 0.05) is 11.3 Å². The lowest BCUT2D eigenvalue weighted by atomic mass is 9.42. The number of ether oxygens (including phenoxy) is 1. The lowest BCUT2D eigenvalue weighted by Gasteiger charge is -2.67. The summed E-state index contributed by atoms with van der Waals surface area (Å²) in [6.07, 6.45) is 0.683. The van der Waals surface area contributed by atoms with Crippen LogP contribution in [-0.4, -0.2) is 26.7 Å². The first-order valence-corrected chi connectivity index (χ1v) is 10.00. The van der Waals surface area contributed by atoms with Crippen molar-refractivity contribution >= 4 is 15.0 Å². The molecule has 0 spiro atoms. The largest absolute Gasteiger partial charge is 0.457 e. The van der Waals surface area contributed by atoms with Crippen LogP contribution in [0.4, 0.5) is 0 Å². The zero-order chi connectivity index (χ0) is 15.5. The van der Waals surface area contributed by atoms with Gasteiger partial charge in [0.15, 0.2) is 0 Å². The highest BCUT2D eigenvalue weighted by Crippen LogP contribution is 2.65. The monoisotopic (exact) mass is 297 g/mol. The second-order valence-electron chi connectivity index (χ2n) is 8.59. The van der Waals surface area contributed by atoms with E-state index in [-0.39, 0.29) is 22.9 Å². The first-order chi connectivity index (χ1) is 8.89. The van der Waals surface area contributed by atoms with E-state index in [1.165, 1.54) is 0 Å². The van der Waals surface area contributed by atoms with Crippen molar-refractivity contribution in [2.45, 2.75) is 72.8 Å². The Morgan fingerprint density at radius 1 is 1.25 bits per heavy atom. The topological polar surface area (TPSA) is 35.5 Å². The van der Waals surface area contributed by atoms with Gasteiger partial charge in [-0.1, -0.05) is 27.7 Å². The molecule has 0 bridgehead atoms. The van der Waals surface area contributed by atoms with Crippen LogP contribution in [0.2, 0.25) is 13.1 Å². The van der Waals surface area contributed by atoms with Crippen LogP contribution < -0.4 is 0 Å². The van der Waals surface area contributed by atoms with E-state index in [0.717, 1.165) is 6.42 Å². The number of hydrogen-bond donors (Lipinski definition) is 0. The van der Waals surface area contributed by atoms with E-state index >= 15 is 0 Å². The van der Waals surface area contributed by atoms with E-state index in [9.17, 15) is 4.79 Å². The van der Waals surface area contributed by atoms with Crippen molar-refractivity contribution in [3.63, 3.8) is 0 Å². The van der Waals surface area contributed by atoms with Crippen molar-refractivity contribution in [2.24, 2.45) is 22.7 Å². The fourth-order valence-electron chi connectivity index (χ4n) is 4.44. The molecule has 2 rings (SSSR count). The van der Waals surface area contributed by atoms with Gasteiger partial charge in [-0.05, 0) is 44.7 Å². The van der Waals surface area contributed by atoms with Gasteiger partial charge >= 0.3 is 5.97 Å². The van der Waals surface area contributed by atoms with Crippen LogP contribution in [-0.2, 0) is 14.0 Å². The maximum atomic E-state index is 12.4. The molecule has 20 heavy (non-hydrogen) atoms. The summed E-state index contributed by atoms with van der Waals surface area (Å²) in [6.45, 7) is 17.4. The third-order valence-corrected chi connectivity index (χ3v) is 5.87. The second-order valence-corrected chi connectivity index (χ2v) is 10.6. The summed E-state index contributed by atoms with van der Waals surface area (Å²) in [5.74, 6) is 0.789. The van der Waals surface area contributed by atoms with Crippen LogP contribution in [0.15, 0.2) is 0 Å². The number of hydrogen-bond acceptors (Lipinski definition) is 3. The molecule has 3 nitrogen and oxygen atoms in total. The molecule has 4 atom stereocenters. The lowest BCUT2D eigenvalue weighted by Crippen LogP contribution is -2.71. The van der Waals surface area contributed by atoms with Gasteiger partial charge in [-0.2, -0.15) is 0 Å². The van der Waals surface area contributed by atoms with Gasteiger partial charge in [0.05, 0.1) is 0 Å². The molecule has 4 unspecified atom stereocenters. The fraction of sp³-hybridized carbons (Fsp3) is 0.938. The number of carbonyl (C=O) groups excluding carboxylic acids is 1. The average Bonchev–Trinajstić information content (AvgIpc) is 2.16. The Kier molecular flexibility index (Phi) is 3.66. The Morgan fingerprint density at radius 3 is 2.25 bits per heavy atom. The van der Waals surface area contributed by atoms with Crippen LogP contribution in [0.1, 0.15) is 48.0 Å². The SMILES string of the molecule is C[Si](C)OC1C(=O)OC(C)(C)C2C(C(C)(C)C)CC12C. The number of rotatable bonds is 2. The molecule has 115 valence electrons. The Balaban J connectivity index is 2.34. The highest BCUT2D eigenvalue weighted by Gasteiger charge is 2.68. The summed E-state index contributed by atoms with van der Waals surface area (Å²) in [5, 5.41) is 0. The predicted octanol–water partition coefficient (Wildman–Crippen LogP) is 3.65. The van der Waals surface area contributed by atoms with E-state index in [1.54, 1.807) is 0 Å². The molecule has 0 aromatic heterocycles. The molecule has 0 aromatic carbocycles. The van der Waals surface area contributed by atoms with Crippen molar-refractivity contribution < 1.29 is 14.0 Å². The Labute approximate surface area is 125 Å². The maximum absolute atomic E-state index is 12.4. The first-order valence-electron chi connectivity index (χ1n) is 7.59. The summed E-state index contributed by atoms with van der Waals surface area (Å²) < 4.78 is 11.8. The van der Waals surface area contributed by atoms with Gasteiger partial charge in [-0.3, -0.25) is 0 Å². The molecule has 1 aliphatic heterocycles. The summed E-state index contributed by atoms with van der Waals surface area (Å²) in [6, 6.07) is 0. The highest BCUT2D eigenvalue weighted by atomic mass is 28.3. The van der Waals surface area contributed by atoms with Crippen LogP contribution in [0, 0.1) is 22.7 Å². The Hall–Kier alpha value is -0.353. The van der Waals surface area contributed by atoms with Crippen LogP contribution in [0.25, 0.3) is 0 Å². The van der Waals surface area contributed by atoms with Crippen molar-refractivity contribution in [3.05, 3.63) is 0 Å². The molecule has 1 aliphatic carbocycles. The van der Waals surface area contributed by atoms with E-state index in [1.807, 2.05) is 0 Å². The summed E-state index contributed by atoms with van der Waals surface area (Å²) in [7, 11) is -0.916.